The molecule has 55 heavy (non-hydrogen) atoms. The van der Waals surface area contributed by atoms with E-state index in [2.05, 4.69) is 92.7 Å². The molecule has 1 aliphatic carbocycles. The predicted molar refractivity (Wildman–Crippen MR) is 232 cm³/mol. The van der Waals surface area contributed by atoms with Gasteiger partial charge in [0.05, 0.1) is 21.0 Å². The van der Waals surface area contributed by atoms with Crippen LogP contribution in [0.4, 0.5) is 17.1 Å². The minimum absolute atomic E-state index is 0.000267. The highest BCUT2D eigenvalue weighted by molar-refractivity contribution is 6.20. The average Bonchev–Trinajstić information content (AvgIpc) is 3.80. The zero-order valence-electron chi connectivity index (χ0n) is 37.2. The molecule has 0 atom stereocenters. The van der Waals surface area contributed by atoms with Crippen LogP contribution < -0.4 is 4.90 Å². The third kappa shape index (κ3) is 4.74. The molecule has 0 spiro atoms. The maximum Gasteiger partial charge on any atom is 0.143 e. The van der Waals surface area contributed by atoms with E-state index in [9.17, 15) is 2.74 Å². The SMILES string of the molecule is [2H]c1c([2H])c([2H])c2c(N(c3ccc(-c4cccc5c4C(C)(C)c4ccccc4-5)cc3)c3ccccc3-c3cccc4oc5c6ccccc6ccc5c34)c([2H])c([2H])c([2H])c2c1[2H]. The third-order valence-electron chi connectivity index (χ3n) is 11.4. The van der Waals surface area contributed by atoms with Crippen LogP contribution >= 0.6 is 0 Å². The van der Waals surface area contributed by atoms with E-state index < -0.39 is 30.2 Å². The summed E-state index contributed by atoms with van der Waals surface area (Å²) in [6, 6.07) is 46.1. The summed E-state index contributed by atoms with van der Waals surface area (Å²) in [4.78, 5) is 1.83. The third-order valence-corrected chi connectivity index (χ3v) is 11.4. The Hall–Kier alpha value is -6.90. The highest BCUT2D eigenvalue weighted by Crippen LogP contribution is 2.53. The van der Waals surface area contributed by atoms with Gasteiger partial charge in [-0.15, -0.1) is 0 Å². The highest BCUT2D eigenvalue weighted by Gasteiger charge is 2.37. The Morgan fingerprint density at radius 1 is 0.491 bits per heavy atom. The van der Waals surface area contributed by atoms with Crippen molar-refractivity contribution in [1.29, 1.82) is 0 Å². The molecule has 260 valence electrons. The van der Waals surface area contributed by atoms with Crippen molar-refractivity contribution in [3.63, 3.8) is 0 Å². The monoisotopic (exact) mass is 710 g/mol. The molecule has 0 unspecified atom stereocenters. The van der Waals surface area contributed by atoms with E-state index >= 15 is 0 Å². The van der Waals surface area contributed by atoms with Crippen LogP contribution in [0.25, 0.3) is 76.9 Å². The first-order valence-electron chi connectivity index (χ1n) is 22.0. The number of hydrogen-bond donors (Lipinski definition) is 0. The quantitative estimate of drug-likeness (QED) is 0.177. The molecule has 0 bridgehead atoms. The number of para-hydroxylation sites is 1. The molecule has 0 N–H and O–H groups in total. The van der Waals surface area contributed by atoms with E-state index in [4.69, 9.17) is 11.3 Å². The van der Waals surface area contributed by atoms with Crippen LogP contribution in [0.5, 0.6) is 0 Å². The molecule has 0 saturated carbocycles. The molecule has 1 aromatic heterocycles. The second-order valence-electron chi connectivity index (χ2n) is 14.7. The summed E-state index contributed by atoms with van der Waals surface area (Å²) >= 11 is 0. The number of furan rings is 1. The van der Waals surface area contributed by atoms with Gasteiger partial charge in [0.15, 0.2) is 0 Å². The first kappa shape index (κ1) is 25.2. The lowest BCUT2D eigenvalue weighted by Gasteiger charge is -2.29. The normalized spacial score (nSPS) is 14.8. The first-order valence-corrected chi connectivity index (χ1v) is 18.5. The Labute approximate surface area is 330 Å². The van der Waals surface area contributed by atoms with Gasteiger partial charge in [-0.2, -0.15) is 0 Å². The largest absolute Gasteiger partial charge is 0.455 e. The number of nitrogens with zero attached hydrogens (tertiary/aromatic N) is 1. The summed E-state index contributed by atoms with van der Waals surface area (Å²) in [6.07, 6.45) is 0. The number of hydrogen-bond acceptors (Lipinski definition) is 2. The van der Waals surface area contributed by atoms with Crippen LogP contribution in [0.2, 0.25) is 0 Å². The van der Waals surface area contributed by atoms with Crippen LogP contribution in [0.1, 0.15) is 34.6 Å². The van der Waals surface area contributed by atoms with Crippen LogP contribution in [0.3, 0.4) is 0 Å². The number of fused-ring (bicyclic) bond motifs is 9. The van der Waals surface area contributed by atoms with Crippen LogP contribution in [-0.4, -0.2) is 0 Å². The molecule has 0 amide bonds. The maximum absolute atomic E-state index is 9.56. The van der Waals surface area contributed by atoms with E-state index in [1.54, 1.807) is 0 Å². The number of anilines is 3. The Balaban J connectivity index is 1.19. The Kier molecular flexibility index (Phi) is 5.52. The van der Waals surface area contributed by atoms with Crippen molar-refractivity contribution in [2.24, 2.45) is 0 Å². The van der Waals surface area contributed by atoms with Gasteiger partial charge >= 0.3 is 0 Å². The van der Waals surface area contributed by atoms with Gasteiger partial charge in [-0.1, -0.05) is 165 Å². The van der Waals surface area contributed by atoms with Crippen molar-refractivity contribution < 1.29 is 14.0 Å². The van der Waals surface area contributed by atoms with Gasteiger partial charge in [-0.3, -0.25) is 0 Å². The zero-order valence-corrected chi connectivity index (χ0v) is 30.2. The molecule has 2 nitrogen and oxygen atoms in total. The lowest BCUT2D eigenvalue weighted by atomic mass is 9.79. The van der Waals surface area contributed by atoms with Gasteiger partial charge in [0.2, 0.25) is 0 Å². The molecular formula is C53H37NO. The van der Waals surface area contributed by atoms with Gasteiger partial charge in [0.1, 0.15) is 11.2 Å². The molecule has 9 aromatic carbocycles. The molecule has 1 aliphatic rings. The standard InChI is InChI=1S/C53H37NO/c1-53(2)46-24-9-7-19-41(46)44-23-12-21-39(51(44)53)36-28-31-37(32-29-36)54(47-26-11-16-34-14-3-5-17-38(34)47)48-25-10-8-20-42(48)43-22-13-27-49-50(43)45-33-30-35-15-4-6-18-40(35)52(45)55-49/h3-33H,1-2H3/i3D,5D,11D,14D,16D,17D,26D. The molecule has 2 heteroatoms. The summed E-state index contributed by atoms with van der Waals surface area (Å²) in [5.74, 6) is 0. The molecule has 0 fully saturated rings. The minimum Gasteiger partial charge on any atom is -0.455 e. The van der Waals surface area contributed by atoms with E-state index in [0.29, 0.717) is 17.0 Å². The van der Waals surface area contributed by atoms with Crippen molar-refractivity contribution in [3.8, 4) is 33.4 Å². The first-order chi connectivity index (χ1) is 30.0. The Morgan fingerprint density at radius 3 is 2.11 bits per heavy atom. The highest BCUT2D eigenvalue weighted by atomic mass is 16.3. The fourth-order valence-corrected chi connectivity index (χ4v) is 8.91. The fraction of sp³-hybridized carbons (Fsp3) is 0.0566. The average molecular weight is 711 g/mol. The smallest absolute Gasteiger partial charge is 0.143 e. The maximum atomic E-state index is 9.56. The van der Waals surface area contributed by atoms with Gasteiger partial charge in [0, 0.05) is 38.2 Å². The van der Waals surface area contributed by atoms with Crippen LogP contribution in [-0.2, 0) is 5.41 Å². The molecule has 1 heterocycles. The number of rotatable bonds is 5. The fourth-order valence-electron chi connectivity index (χ4n) is 8.91. The lowest BCUT2D eigenvalue weighted by Crippen LogP contribution is -2.16. The Morgan fingerprint density at radius 2 is 1.20 bits per heavy atom. The van der Waals surface area contributed by atoms with E-state index in [1.807, 2.05) is 71.6 Å². The lowest BCUT2D eigenvalue weighted by molar-refractivity contribution is 0.662. The number of benzene rings is 9. The van der Waals surface area contributed by atoms with Crippen molar-refractivity contribution in [2.75, 3.05) is 4.90 Å². The molecule has 0 saturated heterocycles. The summed E-state index contributed by atoms with van der Waals surface area (Å²) in [7, 11) is 0. The molecule has 10 aromatic rings. The second kappa shape index (κ2) is 12.1. The molecule has 0 aliphatic heterocycles. The summed E-state index contributed by atoms with van der Waals surface area (Å²) in [6.45, 7) is 4.52. The molecule has 0 radical (unpaired) electrons. The van der Waals surface area contributed by atoms with Crippen molar-refractivity contribution >= 4 is 60.5 Å². The minimum atomic E-state index is -0.498. The van der Waals surface area contributed by atoms with E-state index in [-0.39, 0.29) is 34.0 Å². The molecule has 11 rings (SSSR count). The topological polar surface area (TPSA) is 16.4 Å². The summed E-state index contributed by atoms with van der Waals surface area (Å²) in [5, 5.41) is 3.79. The van der Waals surface area contributed by atoms with Crippen molar-refractivity contribution in [3.05, 3.63) is 199 Å². The molecular weight excluding hydrogens is 667 g/mol. The van der Waals surface area contributed by atoms with Crippen LogP contribution in [0, 0.1) is 0 Å². The van der Waals surface area contributed by atoms with Gasteiger partial charge in [0.25, 0.3) is 0 Å². The van der Waals surface area contributed by atoms with E-state index in [0.717, 1.165) is 49.4 Å². The second-order valence-corrected chi connectivity index (χ2v) is 14.7. The zero-order chi connectivity index (χ0) is 42.8. The van der Waals surface area contributed by atoms with Gasteiger partial charge in [-0.25, -0.2) is 0 Å². The van der Waals surface area contributed by atoms with Crippen molar-refractivity contribution in [2.45, 2.75) is 19.3 Å². The Bertz CT molecular complexity index is 3530. The summed E-state index contributed by atoms with van der Waals surface area (Å²) < 4.78 is 69.7. The van der Waals surface area contributed by atoms with Crippen LogP contribution in [0.15, 0.2) is 192 Å². The van der Waals surface area contributed by atoms with Gasteiger partial charge in [-0.05, 0) is 86.1 Å². The van der Waals surface area contributed by atoms with E-state index in [1.165, 1.54) is 22.3 Å². The predicted octanol–water partition coefficient (Wildman–Crippen LogP) is 15.0. The summed E-state index contributed by atoms with van der Waals surface area (Å²) in [5.41, 5.74) is 11.2. The van der Waals surface area contributed by atoms with Gasteiger partial charge < -0.3 is 9.32 Å². The van der Waals surface area contributed by atoms with Crippen molar-refractivity contribution in [1.82, 2.24) is 0 Å².